The first-order valence-electron chi connectivity index (χ1n) is 49.7. The molecule has 6 unspecified atom stereocenters. The Morgan fingerprint density at radius 3 is 1.56 bits per heavy atom. The first-order chi connectivity index (χ1) is 70.5. The number of rotatable bonds is 4. The van der Waals surface area contributed by atoms with E-state index in [0.717, 1.165) is 169 Å². The van der Waals surface area contributed by atoms with E-state index in [1.54, 1.807) is 12.4 Å². The summed E-state index contributed by atoms with van der Waals surface area (Å²) in [5.41, 5.74) is 12.2. The molecule has 0 N–H and O–H groups in total. The molecule has 0 radical (unpaired) electrons. The van der Waals surface area contributed by atoms with Gasteiger partial charge in [0.2, 0.25) is 34.3 Å². The molecular formula is C121H110BrN15O9. The van der Waals surface area contributed by atoms with Crippen molar-refractivity contribution >= 4 is 170 Å². The van der Waals surface area contributed by atoms with Crippen molar-refractivity contribution in [3.05, 3.63) is 329 Å². The van der Waals surface area contributed by atoms with Gasteiger partial charge in [0.15, 0.2) is 23.1 Å². The molecule has 0 saturated carbocycles. The molecule has 2 saturated heterocycles. The Labute approximate surface area is 856 Å². The van der Waals surface area contributed by atoms with Crippen LogP contribution in [0.3, 0.4) is 0 Å². The van der Waals surface area contributed by atoms with Crippen LogP contribution in [0.15, 0.2) is 318 Å². The Bertz CT molecular complexity index is 8180. The predicted octanol–water partition coefficient (Wildman–Crippen LogP) is 27.4. The fourth-order valence-electron chi connectivity index (χ4n) is 23.4. The second-order valence-corrected chi connectivity index (χ2v) is 42.6. The number of hydrogen-bond acceptors (Lipinski definition) is 23. The molecule has 24 nitrogen and oxygen atoms in total. The standard InChI is InChI=1S/C34H32N4O2.C27H21BrN4O2.C25H18N2O2.C19H22N2O.C16H17N3O2/c1-31(2)23-11-7-9-13-25(23)37(5)33(31)19-35-29-21-16-18-28-30(22(21)15-17-27(29)39-33)36-20-34(40-28)32(3,4)24-12-8-10-14-26(24)38(34)6;1-26(2)22-21(29-3)14-33-25(22)32(4)27(26)15-31-20-11-17(10-16-8-6-5-7-9-16)23-19(24(20)34-27)12-18(28)13-30-23;1-27-20-11-5-7-13-22(20)28-21-12-6-4-10-19(21)25(27)16-26-24-18-9-3-2-8-17(18)14-15-23(24)29-25;1-14(2)19(21-11-5-6-12-21)13-20-18-16-8-4-3-7-15(16)9-10-17(18)22-19;1-15(2)10-20-16(19(15)3)9-18-14-11-5-4-8-17-12(11)6-7-13(14)21-16/h7-20H,1-6H3;5-9,11-15H,10H2,1-2,4H3;2-16H,1H3;3-4,7-10,13-14H,5-6,11-12H2,1-2H3;4-9H,10H2,1-3H3. The first kappa shape index (κ1) is 92.8. The summed E-state index contributed by atoms with van der Waals surface area (Å²) >= 11 is 3.58. The van der Waals surface area contributed by atoms with E-state index >= 15 is 0 Å². The molecule has 12 aliphatic heterocycles. The van der Waals surface area contributed by atoms with Crippen LogP contribution >= 0.6 is 15.9 Å². The smallest absolute Gasteiger partial charge is 0.312 e. The lowest BCUT2D eigenvalue weighted by Crippen LogP contribution is -2.61. The maximum Gasteiger partial charge on any atom is 0.312 e. The van der Waals surface area contributed by atoms with E-state index in [1.807, 2.05) is 191 Å². The summed E-state index contributed by atoms with van der Waals surface area (Å²) in [6.45, 7) is 32.1. The lowest BCUT2D eigenvalue weighted by molar-refractivity contribution is -0.163. The molecule has 28 rings (SSSR count). The number of aliphatic imine (C=N–C) groups is 6. The molecule has 0 bridgehead atoms. The van der Waals surface area contributed by atoms with Crippen molar-refractivity contribution in [2.75, 3.05) is 74.5 Å². The number of ether oxygens (including phenoxy) is 8. The van der Waals surface area contributed by atoms with E-state index in [-0.39, 0.29) is 16.4 Å². The van der Waals surface area contributed by atoms with Crippen LogP contribution in [0, 0.1) is 12.5 Å². The molecule has 0 amide bonds. The SMILES string of the molecule is CC(C)C1(N2CCCC2)C=Nc2c(ccc3ccccc23)O1.CN1C(C)(C)COC12C=Nc1c(ccc3ncccc13)O2.CN1c2ccccc2C(C)(C)C12C=Nc1c(ccc3c4c(ccc13)OC1(C=N4)N(C)c3ccccc3C1(C)C)O2.CN1c2ccccc2Oc2ccccc2C12C=Nc1c(ccc3ccccc13)O2.[C-]#[N+]c1coc2c1C(C)(C)C1(C=Nc3cc(Cc4ccccc4)c4ncc(Br)cc4c3O1)N2C. The predicted molar refractivity (Wildman–Crippen MR) is 587 cm³/mol. The number of furan rings is 1. The number of anilines is 4. The van der Waals surface area contributed by atoms with Crippen LogP contribution in [0.2, 0.25) is 0 Å². The normalized spacial score (nSPS) is 23.1. The number of fused-ring (bicyclic) bond motifs is 23. The van der Waals surface area contributed by atoms with Crippen molar-refractivity contribution in [1.29, 1.82) is 0 Å². The molecule has 25 heteroatoms. The maximum absolute atomic E-state index is 7.60. The first-order valence-corrected chi connectivity index (χ1v) is 50.5. The van der Waals surface area contributed by atoms with Crippen LogP contribution in [0.5, 0.6) is 46.0 Å². The number of hydrogen-bond donors (Lipinski definition) is 0. The summed E-state index contributed by atoms with van der Waals surface area (Å²) in [5, 5.41) is 8.47. The molecule has 13 aromatic carbocycles. The Balaban J connectivity index is 0.0000000998. The van der Waals surface area contributed by atoms with Crippen molar-refractivity contribution in [1.82, 2.24) is 19.8 Å². The number of likely N-dealkylation sites (tertiary alicyclic amines) is 1. The van der Waals surface area contributed by atoms with Crippen LogP contribution in [0.1, 0.15) is 115 Å². The number of aromatic nitrogens is 2. The van der Waals surface area contributed by atoms with Crippen molar-refractivity contribution in [2.45, 2.75) is 145 Å². The van der Waals surface area contributed by atoms with Gasteiger partial charge in [-0.2, -0.15) is 0 Å². The Morgan fingerprint density at radius 1 is 0.425 bits per heavy atom. The third-order valence-electron chi connectivity index (χ3n) is 32.0. The molecular weight excluding hydrogens is 1890 g/mol. The maximum atomic E-state index is 7.60. The van der Waals surface area contributed by atoms with Gasteiger partial charge in [-0.05, 0) is 226 Å². The van der Waals surface area contributed by atoms with Gasteiger partial charge in [-0.3, -0.25) is 39.8 Å². The zero-order valence-electron chi connectivity index (χ0n) is 84.1. The van der Waals surface area contributed by atoms with Gasteiger partial charge in [-0.15, -0.1) is 0 Å². The van der Waals surface area contributed by atoms with Crippen LogP contribution in [-0.4, -0.2) is 146 Å². The van der Waals surface area contributed by atoms with E-state index in [9.17, 15) is 0 Å². The molecule has 16 aromatic rings. The van der Waals surface area contributed by atoms with Gasteiger partial charge < -0.3 is 61.9 Å². The Kier molecular flexibility index (Phi) is 21.8. The number of nitrogens with zero attached hydrogens (tertiary/aromatic N) is 15. The molecule has 6 atom stereocenters. The molecule has 0 aliphatic carbocycles. The largest absolute Gasteiger partial charge is 0.465 e. The van der Waals surface area contributed by atoms with Crippen molar-refractivity contribution in [3.8, 4) is 46.0 Å². The number of benzene rings is 13. The van der Waals surface area contributed by atoms with E-state index in [0.29, 0.717) is 29.8 Å². The zero-order valence-corrected chi connectivity index (χ0v) is 85.7. The minimum atomic E-state index is -0.939. The van der Waals surface area contributed by atoms with Crippen LogP contribution in [0.25, 0.3) is 59.0 Å². The van der Waals surface area contributed by atoms with Gasteiger partial charge in [0, 0.05) is 119 Å². The Morgan fingerprint density at radius 2 is 0.938 bits per heavy atom. The van der Waals surface area contributed by atoms with Crippen molar-refractivity contribution in [2.24, 2.45) is 35.9 Å². The van der Waals surface area contributed by atoms with Crippen LogP contribution < -0.4 is 52.8 Å². The summed E-state index contributed by atoms with van der Waals surface area (Å²) in [6, 6.07) is 88.3. The van der Waals surface area contributed by atoms with Gasteiger partial charge in [0.05, 0.1) is 89.0 Å². The highest BCUT2D eigenvalue weighted by Gasteiger charge is 2.64. The molecule has 2 fully saturated rings. The lowest BCUT2D eigenvalue weighted by atomic mass is 9.77. The molecule has 15 heterocycles. The number of likely N-dealkylation sites (N-methyl/N-ethyl adjacent to an activating group) is 4. The highest BCUT2D eigenvalue weighted by Crippen LogP contribution is 2.62. The summed E-state index contributed by atoms with van der Waals surface area (Å²) in [6.07, 6.45) is 19.8. The third kappa shape index (κ3) is 14.0. The fourth-order valence-corrected chi connectivity index (χ4v) is 23.8. The Hall–Kier alpha value is -15.6. The second-order valence-electron chi connectivity index (χ2n) is 41.7. The highest BCUT2D eigenvalue weighted by atomic mass is 79.9. The van der Waals surface area contributed by atoms with Gasteiger partial charge in [-0.25, -0.2) is 14.7 Å². The molecule has 730 valence electrons. The lowest BCUT2D eigenvalue weighted by Gasteiger charge is -2.45. The molecule has 12 aliphatic rings. The fraction of sp³-hybridized carbons (Fsp3) is 0.264. The monoisotopic (exact) mass is 2000 g/mol. The number of para-hydroxylation sites is 5. The number of halogens is 1. The summed E-state index contributed by atoms with van der Waals surface area (Å²) in [5.74, 6) is 6.24. The van der Waals surface area contributed by atoms with Gasteiger partial charge in [0.1, 0.15) is 69.1 Å². The summed E-state index contributed by atoms with van der Waals surface area (Å²) in [4.78, 5) is 55.2. The van der Waals surface area contributed by atoms with E-state index in [1.165, 1.54) is 52.6 Å². The highest BCUT2D eigenvalue weighted by molar-refractivity contribution is 9.10. The topological polar surface area (TPSA) is 211 Å². The minimum Gasteiger partial charge on any atom is -0.465 e. The average molecular weight is 2000 g/mol. The zero-order chi connectivity index (χ0) is 101. The van der Waals surface area contributed by atoms with E-state index in [4.69, 9.17) is 78.8 Å². The van der Waals surface area contributed by atoms with Crippen LogP contribution in [0.4, 0.5) is 62.8 Å². The summed E-state index contributed by atoms with van der Waals surface area (Å²) < 4.78 is 59.0. The number of pyridine rings is 2. The van der Waals surface area contributed by atoms with Gasteiger partial charge in [-0.1, -0.05) is 179 Å². The van der Waals surface area contributed by atoms with Crippen LogP contribution in [-0.2, 0) is 33.1 Å². The molecule has 146 heavy (non-hydrogen) atoms. The average Bonchev–Trinajstić information content (AvgIpc) is 1.54. The summed E-state index contributed by atoms with van der Waals surface area (Å²) in [7, 11) is 10.1. The third-order valence-corrected chi connectivity index (χ3v) is 32.5. The minimum absolute atomic E-state index is 0.0953. The molecule has 3 aromatic heterocycles. The van der Waals surface area contributed by atoms with Crippen molar-refractivity contribution in [3.63, 3.8) is 0 Å². The second kappa shape index (κ2) is 34.3. The van der Waals surface area contributed by atoms with Crippen molar-refractivity contribution < 1.29 is 42.3 Å². The van der Waals surface area contributed by atoms with Gasteiger partial charge >= 0.3 is 5.91 Å². The quantitative estimate of drug-likeness (QED) is 0.150. The van der Waals surface area contributed by atoms with E-state index < -0.39 is 40.0 Å². The van der Waals surface area contributed by atoms with Gasteiger partial charge in [0.25, 0.3) is 0 Å². The van der Waals surface area contributed by atoms with E-state index in [2.05, 4.69) is 272 Å². The molecule has 5 spiro atoms.